The third kappa shape index (κ3) is 7.78. The summed E-state index contributed by atoms with van der Waals surface area (Å²) in [5.41, 5.74) is 4.38. The van der Waals surface area contributed by atoms with Crippen molar-refractivity contribution in [3.8, 4) is 46.0 Å². The van der Waals surface area contributed by atoms with E-state index >= 15 is 0 Å². The molecule has 0 heterocycles. The molecule has 4 aromatic carbocycles. The van der Waals surface area contributed by atoms with E-state index in [0.29, 0.717) is 23.0 Å². The largest absolute Gasteiger partial charge is 0.497 e. The molecule has 0 spiro atoms. The lowest BCUT2D eigenvalue weighted by Gasteiger charge is -2.17. The highest BCUT2D eigenvalue weighted by Gasteiger charge is 2.15. The second-order valence-electron chi connectivity index (χ2n) is 9.51. The van der Waals surface area contributed by atoms with Gasteiger partial charge in [-0.3, -0.25) is 0 Å². The Balaban J connectivity index is 1.57. The van der Waals surface area contributed by atoms with Gasteiger partial charge in [0.1, 0.15) is 34.5 Å². The highest BCUT2D eigenvalue weighted by molar-refractivity contribution is 5.53. The summed E-state index contributed by atoms with van der Waals surface area (Å²) in [4.78, 5) is 0. The monoisotopic (exact) mass is 558 g/mol. The average molecular weight is 559 g/mol. The zero-order valence-corrected chi connectivity index (χ0v) is 24.6. The van der Waals surface area contributed by atoms with E-state index in [4.69, 9.17) is 33.2 Å². The molecule has 216 valence electrons. The highest BCUT2D eigenvalue weighted by Crippen LogP contribution is 2.39. The molecule has 0 aliphatic rings. The number of methoxy groups -OCH3 is 6. The predicted octanol–water partition coefficient (Wildman–Crippen LogP) is 7.10. The number of hydrogen-bond donors (Lipinski definition) is 0. The van der Waals surface area contributed by atoms with Crippen molar-refractivity contribution >= 4 is 0 Å². The number of rotatable bonds is 14. The van der Waals surface area contributed by atoms with Crippen LogP contribution in [0.3, 0.4) is 0 Å². The Hall–Kier alpha value is -4.52. The van der Waals surface area contributed by atoms with E-state index in [1.807, 2.05) is 66.7 Å². The van der Waals surface area contributed by atoms with E-state index < -0.39 is 0 Å². The SMILES string of the molecule is COc1cccc(CCc2cc(Oc3cc(CCc4cc(OC)cc(OC)c4)cc(OC)c3)c(OC)cc2OC)c1. The topological polar surface area (TPSA) is 64.6 Å². The van der Waals surface area contributed by atoms with Crippen molar-refractivity contribution in [3.63, 3.8) is 0 Å². The van der Waals surface area contributed by atoms with Crippen LogP contribution >= 0.6 is 0 Å². The van der Waals surface area contributed by atoms with Crippen LogP contribution in [0.4, 0.5) is 0 Å². The lowest BCUT2D eigenvalue weighted by atomic mass is 10.0. The van der Waals surface area contributed by atoms with Crippen molar-refractivity contribution in [1.82, 2.24) is 0 Å². The zero-order valence-electron chi connectivity index (χ0n) is 24.6. The minimum Gasteiger partial charge on any atom is -0.497 e. The Labute approximate surface area is 242 Å². The van der Waals surface area contributed by atoms with Crippen LogP contribution in [0, 0.1) is 0 Å². The molecule has 0 bridgehead atoms. The van der Waals surface area contributed by atoms with Gasteiger partial charge in [0, 0.05) is 18.2 Å². The van der Waals surface area contributed by atoms with Gasteiger partial charge in [-0.15, -0.1) is 0 Å². The third-order valence-corrected chi connectivity index (χ3v) is 6.90. The first-order valence-corrected chi connectivity index (χ1v) is 13.4. The molecule has 0 saturated heterocycles. The summed E-state index contributed by atoms with van der Waals surface area (Å²) in [6, 6.07) is 23.8. The molecule has 7 heteroatoms. The van der Waals surface area contributed by atoms with E-state index in [2.05, 4.69) is 6.07 Å². The number of aryl methyl sites for hydroxylation is 4. The summed E-state index contributed by atoms with van der Waals surface area (Å²) in [5.74, 6) is 5.68. The Morgan fingerprint density at radius 1 is 0.390 bits per heavy atom. The minimum absolute atomic E-state index is 0.583. The molecule has 41 heavy (non-hydrogen) atoms. The van der Waals surface area contributed by atoms with Gasteiger partial charge >= 0.3 is 0 Å². The van der Waals surface area contributed by atoms with Crippen molar-refractivity contribution in [2.45, 2.75) is 25.7 Å². The molecule has 0 aliphatic carbocycles. The van der Waals surface area contributed by atoms with Crippen molar-refractivity contribution in [3.05, 3.63) is 95.1 Å². The first-order chi connectivity index (χ1) is 20.0. The predicted molar refractivity (Wildman–Crippen MR) is 160 cm³/mol. The molecule has 4 aromatic rings. The van der Waals surface area contributed by atoms with Crippen LogP contribution in [0.5, 0.6) is 46.0 Å². The Morgan fingerprint density at radius 3 is 1.46 bits per heavy atom. The van der Waals surface area contributed by atoms with Crippen LogP contribution in [0.25, 0.3) is 0 Å². The summed E-state index contributed by atoms with van der Waals surface area (Å²) in [6.07, 6.45) is 3.14. The fourth-order valence-corrected chi connectivity index (χ4v) is 4.69. The van der Waals surface area contributed by atoms with Crippen LogP contribution in [-0.4, -0.2) is 42.7 Å². The Morgan fingerprint density at radius 2 is 0.902 bits per heavy atom. The van der Waals surface area contributed by atoms with Gasteiger partial charge in [-0.05, 0) is 90.4 Å². The van der Waals surface area contributed by atoms with Gasteiger partial charge in [-0.25, -0.2) is 0 Å². The summed E-state index contributed by atoms with van der Waals surface area (Å²) in [5, 5.41) is 0. The molecule has 0 radical (unpaired) electrons. The van der Waals surface area contributed by atoms with Gasteiger partial charge in [-0.2, -0.15) is 0 Å². The first-order valence-electron chi connectivity index (χ1n) is 13.4. The number of hydrogen-bond acceptors (Lipinski definition) is 7. The summed E-state index contributed by atoms with van der Waals surface area (Å²) >= 11 is 0. The standard InChI is InChI=1S/C34H38O7/c1-35-27-9-7-8-23(14-27)12-13-26-19-34(33(40-6)22-32(26)39-5)41-31-18-25(17-30(21-31)38-4)11-10-24-15-28(36-2)20-29(16-24)37-3/h7-9,14-22H,10-13H2,1-6H3. The van der Waals surface area contributed by atoms with Crippen LogP contribution < -0.4 is 33.2 Å². The first kappa shape index (κ1) is 29.5. The molecule has 0 aliphatic heterocycles. The molecular weight excluding hydrogens is 520 g/mol. The van der Waals surface area contributed by atoms with E-state index in [0.717, 1.165) is 65.4 Å². The third-order valence-electron chi connectivity index (χ3n) is 6.90. The van der Waals surface area contributed by atoms with E-state index in [1.54, 1.807) is 42.7 Å². The molecular formula is C34H38O7. The van der Waals surface area contributed by atoms with Crippen molar-refractivity contribution < 1.29 is 33.2 Å². The molecule has 0 unspecified atom stereocenters. The van der Waals surface area contributed by atoms with Crippen molar-refractivity contribution in [1.29, 1.82) is 0 Å². The molecule has 0 saturated carbocycles. The molecule has 4 rings (SSSR count). The van der Waals surface area contributed by atoms with Crippen LogP contribution in [0.2, 0.25) is 0 Å². The quantitative estimate of drug-likeness (QED) is 0.164. The van der Waals surface area contributed by atoms with Crippen LogP contribution in [-0.2, 0) is 25.7 Å². The lowest BCUT2D eigenvalue weighted by molar-refractivity contribution is 0.365. The minimum atomic E-state index is 0.583. The van der Waals surface area contributed by atoms with Gasteiger partial charge in [0.15, 0.2) is 11.5 Å². The maximum Gasteiger partial charge on any atom is 0.169 e. The van der Waals surface area contributed by atoms with Gasteiger partial charge in [-0.1, -0.05) is 12.1 Å². The second-order valence-corrected chi connectivity index (χ2v) is 9.51. The maximum atomic E-state index is 6.42. The van der Waals surface area contributed by atoms with Crippen LogP contribution in [0.1, 0.15) is 22.3 Å². The Kier molecular flexibility index (Phi) is 10.2. The molecule has 0 N–H and O–H groups in total. The fourth-order valence-electron chi connectivity index (χ4n) is 4.69. The van der Waals surface area contributed by atoms with E-state index in [9.17, 15) is 0 Å². The smallest absolute Gasteiger partial charge is 0.169 e. The van der Waals surface area contributed by atoms with Crippen molar-refractivity contribution in [2.75, 3.05) is 42.7 Å². The van der Waals surface area contributed by atoms with Gasteiger partial charge in [0.25, 0.3) is 0 Å². The number of ether oxygens (including phenoxy) is 7. The summed E-state index contributed by atoms with van der Waals surface area (Å²) in [6.45, 7) is 0. The highest BCUT2D eigenvalue weighted by atomic mass is 16.5. The molecule has 0 fully saturated rings. The van der Waals surface area contributed by atoms with E-state index in [1.165, 1.54) is 5.56 Å². The van der Waals surface area contributed by atoms with Crippen molar-refractivity contribution in [2.24, 2.45) is 0 Å². The fraction of sp³-hybridized carbons (Fsp3) is 0.294. The maximum absolute atomic E-state index is 6.42. The molecule has 0 aromatic heterocycles. The lowest BCUT2D eigenvalue weighted by Crippen LogP contribution is -2.00. The van der Waals surface area contributed by atoms with Crippen LogP contribution in [0.15, 0.2) is 72.8 Å². The normalized spacial score (nSPS) is 10.6. The summed E-state index contributed by atoms with van der Waals surface area (Å²) in [7, 11) is 9.92. The molecule has 7 nitrogen and oxygen atoms in total. The molecule has 0 amide bonds. The van der Waals surface area contributed by atoms with Gasteiger partial charge in [0.05, 0.1) is 42.7 Å². The van der Waals surface area contributed by atoms with Gasteiger partial charge < -0.3 is 33.2 Å². The Bertz CT molecular complexity index is 1430. The second kappa shape index (κ2) is 14.2. The van der Waals surface area contributed by atoms with Gasteiger partial charge in [0.2, 0.25) is 0 Å². The number of benzene rings is 4. The van der Waals surface area contributed by atoms with E-state index in [-0.39, 0.29) is 0 Å². The average Bonchev–Trinajstić information content (AvgIpc) is 3.02. The molecule has 0 atom stereocenters. The zero-order chi connectivity index (χ0) is 29.2. The summed E-state index contributed by atoms with van der Waals surface area (Å²) < 4.78 is 39.6.